The first-order valence-corrected chi connectivity index (χ1v) is 13.7. The lowest BCUT2D eigenvalue weighted by atomic mass is 10.1. The zero-order valence-corrected chi connectivity index (χ0v) is 22.0. The summed E-state index contributed by atoms with van der Waals surface area (Å²) in [6, 6.07) is 5.09. The third-order valence-electron chi connectivity index (χ3n) is 5.08. The number of benzene rings is 1. The summed E-state index contributed by atoms with van der Waals surface area (Å²) in [5, 5.41) is 8.26. The number of hydrogen-bond acceptors (Lipinski definition) is 9. The van der Waals surface area contributed by atoms with Crippen LogP contribution >= 0.6 is 46.7 Å². The highest BCUT2D eigenvalue weighted by atomic mass is 35.5. The number of anilines is 1. The van der Waals surface area contributed by atoms with Crippen molar-refractivity contribution in [3.8, 4) is 5.75 Å². The first kappa shape index (κ1) is 24.3. The molecule has 4 rings (SSSR count). The van der Waals surface area contributed by atoms with Gasteiger partial charge in [0.25, 0.3) is 0 Å². The maximum absolute atomic E-state index is 6.23. The normalized spacial score (nSPS) is 18.0. The molecule has 2 aromatic rings. The first-order chi connectivity index (χ1) is 15.9. The van der Waals surface area contributed by atoms with E-state index in [1.54, 1.807) is 48.0 Å². The molecule has 1 aromatic heterocycles. The molecular formula is C22H26Cl2N6OS2. The predicted molar refractivity (Wildman–Crippen MR) is 138 cm³/mol. The van der Waals surface area contributed by atoms with Gasteiger partial charge in [-0.15, -0.1) is 11.8 Å². The minimum Gasteiger partial charge on any atom is -0.460 e. The Balaban J connectivity index is 1.68. The third kappa shape index (κ3) is 5.31. The molecule has 7 nitrogen and oxygen atoms in total. The summed E-state index contributed by atoms with van der Waals surface area (Å²) >= 11 is 15.5. The number of nitrogens with zero attached hydrogens (tertiary/aromatic N) is 4. The standard InChI is InChI=1S/C22H26Cl2N6OS2/c1-5-6-9-33-22-27-18-17(21(28-22)32-4)20-25-16(29-30(20)19(26-18)12(2)3)11-31-15-8-7-13(23)10-14(15)24/h7-8,10-12,19,29H,5-6,9H2,1-4H3,(H,26,27,28). The molecule has 1 unspecified atom stereocenters. The van der Waals surface area contributed by atoms with Crippen LogP contribution in [0.5, 0.6) is 5.75 Å². The number of nitrogens with one attached hydrogen (secondary N) is 2. The highest BCUT2D eigenvalue weighted by Gasteiger charge is 2.39. The number of hydrogen-bond donors (Lipinski definition) is 2. The van der Waals surface area contributed by atoms with E-state index < -0.39 is 0 Å². The number of fused-ring (bicyclic) bond motifs is 3. The van der Waals surface area contributed by atoms with Gasteiger partial charge in [0.15, 0.2) is 16.8 Å². The average Bonchev–Trinajstić information content (AvgIpc) is 3.21. The van der Waals surface area contributed by atoms with Gasteiger partial charge >= 0.3 is 0 Å². The van der Waals surface area contributed by atoms with Gasteiger partial charge in [-0.1, -0.05) is 62.2 Å². The van der Waals surface area contributed by atoms with Crippen molar-refractivity contribution in [3.63, 3.8) is 0 Å². The summed E-state index contributed by atoms with van der Waals surface area (Å²) < 4.78 is 5.79. The van der Waals surface area contributed by atoms with E-state index in [0.29, 0.717) is 21.6 Å². The van der Waals surface area contributed by atoms with Crippen LogP contribution in [0.4, 0.5) is 5.82 Å². The quantitative estimate of drug-likeness (QED) is 0.138. The highest BCUT2D eigenvalue weighted by molar-refractivity contribution is 7.99. The van der Waals surface area contributed by atoms with Crippen LogP contribution in [0.3, 0.4) is 0 Å². The molecule has 0 fully saturated rings. The van der Waals surface area contributed by atoms with Crippen LogP contribution < -0.4 is 15.5 Å². The number of ether oxygens (including phenoxy) is 1. The van der Waals surface area contributed by atoms with Crippen LogP contribution in [0, 0.1) is 5.92 Å². The smallest absolute Gasteiger partial charge is 0.190 e. The number of rotatable bonds is 8. The number of amidine groups is 1. The third-order valence-corrected chi connectivity index (χ3v) is 7.22. The summed E-state index contributed by atoms with van der Waals surface area (Å²) in [6.45, 7) is 6.49. The molecule has 2 aliphatic heterocycles. The molecule has 2 N–H and O–H groups in total. The second kappa shape index (κ2) is 10.6. The van der Waals surface area contributed by atoms with Crippen LogP contribution in [0.1, 0.15) is 39.2 Å². The summed E-state index contributed by atoms with van der Waals surface area (Å²) in [6.07, 6.45) is 5.81. The van der Waals surface area contributed by atoms with Crippen molar-refractivity contribution >= 4 is 58.4 Å². The van der Waals surface area contributed by atoms with E-state index in [1.807, 2.05) is 11.3 Å². The zero-order valence-electron chi connectivity index (χ0n) is 18.9. The molecule has 0 aliphatic carbocycles. The lowest BCUT2D eigenvalue weighted by molar-refractivity contribution is 0.231. The van der Waals surface area contributed by atoms with E-state index in [2.05, 4.69) is 31.5 Å². The Morgan fingerprint density at radius 2 is 2.09 bits per heavy atom. The molecule has 176 valence electrons. The number of halogens is 2. The van der Waals surface area contributed by atoms with Crippen LogP contribution in [-0.2, 0) is 0 Å². The van der Waals surface area contributed by atoms with Crippen molar-refractivity contribution in [1.82, 2.24) is 20.4 Å². The zero-order chi connectivity index (χ0) is 23.5. The topological polar surface area (TPSA) is 74.7 Å². The van der Waals surface area contributed by atoms with E-state index >= 15 is 0 Å². The fourth-order valence-electron chi connectivity index (χ4n) is 3.41. The van der Waals surface area contributed by atoms with Crippen LogP contribution in [-0.4, -0.2) is 39.0 Å². The molecule has 33 heavy (non-hydrogen) atoms. The molecule has 3 heterocycles. The molecule has 0 radical (unpaired) electrons. The Hall–Kier alpha value is -1.81. The molecular weight excluding hydrogens is 499 g/mol. The van der Waals surface area contributed by atoms with Crippen LogP contribution in [0.15, 0.2) is 45.5 Å². The Labute approximate surface area is 212 Å². The van der Waals surface area contributed by atoms with Gasteiger partial charge in [0.05, 0.1) is 10.6 Å². The largest absolute Gasteiger partial charge is 0.460 e. The van der Waals surface area contributed by atoms with Crippen LogP contribution in [0.25, 0.3) is 0 Å². The summed E-state index contributed by atoms with van der Waals surface area (Å²) in [5.41, 5.74) is 4.23. The van der Waals surface area contributed by atoms with Gasteiger partial charge in [-0.25, -0.2) is 20.0 Å². The second-order valence-electron chi connectivity index (χ2n) is 7.89. The van der Waals surface area contributed by atoms with Crippen molar-refractivity contribution in [2.45, 2.75) is 50.0 Å². The maximum atomic E-state index is 6.23. The number of unbranched alkanes of at least 4 members (excludes halogenated alkanes) is 1. The molecule has 0 bridgehead atoms. The van der Waals surface area contributed by atoms with Gasteiger partial charge < -0.3 is 10.1 Å². The maximum Gasteiger partial charge on any atom is 0.190 e. The number of hydrazine groups is 1. The minimum absolute atomic E-state index is 0.0423. The van der Waals surface area contributed by atoms with Gasteiger partial charge in [0.2, 0.25) is 0 Å². The van der Waals surface area contributed by atoms with Gasteiger partial charge in [0.1, 0.15) is 29.0 Å². The first-order valence-electron chi connectivity index (χ1n) is 10.7. The van der Waals surface area contributed by atoms with Gasteiger partial charge in [0, 0.05) is 10.8 Å². The van der Waals surface area contributed by atoms with Gasteiger partial charge in [-0.2, -0.15) is 0 Å². The van der Waals surface area contributed by atoms with E-state index in [-0.39, 0.29) is 12.1 Å². The molecule has 0 amide bonds. The Bertz CT molecular complexity index is 1090. The summed E-state index contributed by atoms with van der Waals surface area (Å²) in [7, 11) is 0. The molecule has 0 spiro atoms. The summed E-state index contributed by atoms with van der Waals surface area (Å²) in [5.74, 6) is 3.93. The Kier molecular flexibility index (Phi) is 7.83. The monoisotopic (exact) mass is 524 g/mol. The van der Waals surface area contributed by atoms with E-state index in [9.17, 15) is 0 Å². The number of aromatic nitrogens is 2. The van der Waals surface area contributed by atoms with E-state index in [1.165, 1.54) is 0 Å². The Morgan fingerprint density at radius 1 is 1.27 bits per heavy atom. The molecule has 2 aliphatic rings. The lowest BCUT2D eigenvalue weighted by Gasteiger charge is -2.38. The molecule has 0 saturated carbocycles. The van der Waals surface area contributed by atoms with Crippen LogP contribution in [0.2, 0.25) is 10.0 Å². The van der Waals surface area contributed by atoms with Crippen molar-refractivity contribution in [3.05, 3.63) is 45.9 Å². The number of thioether (sulfide) groups is 2. The van der Waals surface area contributed by atoms with Crippen molar-refractivity contribution < 1.29 is 4.74 Å². The minimum atomic E-state index is -0.0423. The second-order valence-corrected chi connectivity index (χ2v) is 10.6. The molecule has 11 heteroatoms. The van der Waals surface area contributed by atoms with Gasteiger partial charge in [-0.3, -0.25) is 5.43 Å². The van der Waals surface area contributed by atoms with Crippen molar-refractivity contribution in [2.75, 3.05) is 17.3 Å². The molecule has 1 atom stereocenters. The lowest BCUT2D eigenvalue weighted by Crippen LogP contribution is -2.55. The molecule has 0 saturated heterocycles. The fraction of sp³-hybridized carbons (Fsp3) is 0.409. The van der Waals surface area contributed by atoms with E-state index in [0.717, 1.165) is 46.0 Å². The fourth-order valence-corrected chi connectivity index (χ4v) is 5.41. The Morgan fingerprint density at radius 3 is 2.79 bits per heavy atom. The number of aliphatic imine (C=N–C) groups is 1. The average molecular weight is 526 g/mol. The SMILES string of the molecule is CCCCSc1nc2c(c(SC)n1)C1=NC(=COc3ccc(Cl)cc3Cl)NN1C(C(C)C)N2. The van der Waals surface area contributed by atoms with Crippen molar-refractivity contribution in [2.24, 2.45) is 10.9 Å². The molecule has 1 aromatic carbocycles. The van der Waals surface area contributed by atoms with Gasteiger partial charge in [-0.05, 0) is 36.8 Å². The highest BCUT2D eigenvalue weighted by Crippen LogP contribution is 2.36. The van der Waals surface area contributed by atoms with E-state index in [4.69, 9.17) is 42.9 Å². The van der Waals surface area contributed by atoms with Crippen molar-refractivity contribution in [1.29, 1.82) is 0 Å². The summed E-state index contributed by atoms with van der Waals surface area (Å²) in [4.78, 5) is 14.5. The predicted octanol–water partition coefficient (Wildman–Crippen LogP) is 6.25.